The molecule has 0 aromatic heterocycles. The van der Waals surface area contributed by atoms with Crippen molar-refractivity contribution in [1.82, 2.24) is 0 Å². The second kappa shape index (κ2) is 10.3. The fourth-order valence-electron chi connectivity index (χ4n) is 3.53. The molecule has 0 unspecified atom stereocenters. The van der Waals surface area contributed by atoms with Gasteiger partial charge in [-0.2, -0.15) is 0 Å². The number of carbonyl (C=O) groups excluding carboxylic acids is 2. The van der Waals surface area contributed by atoms with Crippen LogP contribution in [0.2, 0.25) is 0 Å². The van der Waals surface area contributed by atoms with Gasteiger partial charge in [0.1, 0.15) is 24.7 Å². The van der Waals surface area contributed by atoms with Gasteiger partial charge in [-0.3, -0.25) is 9.59 Å². The summed E-state index contributed by atoms with van der Waals surface area (Å²) in [6.45, 7) is 13.4. The fourth-order valence-corrected chi connectivity index (χ4v) is 3.53. The number of benzene rings is 3. The van der Waals surface area contributed by atoms with Crippen LogP contribution in [0, 0.1) is 0 Å². The minimum absolute atomic E-state index is 0.0324. The molecule has 3 aromatic rings. The molecule has 0 aliphatic heterocycles. The maximum atomic E-state index is 11.5. The predicted octanol–water partition coefficient (Wildman–Crippen LogP) is 7.06. The van der Waals surface area contributed by atoms with Crippen molar-refractivity contribution in [3.8, 4) is 11.5 Å². The van der Waals surface area contributed by atoms with E-state index in [1.165, 1.54) is 0 Å². The van der Waals surface area contributed by atoms with Crippen LogP contribution in [0.15, 0.2) is 60.7 Å². The summed E-state index contributed by atoms with van der Waals surface area (Å²) in [7, 11) is 0. The zero-order valence-corrected chi connectivity index (χ0v) is 21.0. The van der Waals surface area contributed by atoms with Crippen LogP contribution < -0.4 is 9.47 Å². The lowest BCUT2D eigenvalue weighted by Gasteiger charge is -2.20. The zero-order valence-electron chi connectivity index (χ0n) is 21.0. The van der Waals surface area contributed by atoms with Gasteiger partial charge in [0, 0.05) is 0 Å². The van der Waals surface area contributed by atoms with Crippen LogP contribution in [0.25, 0.3) is 0 Å². The van der Waals surface area contributed by atoms with Gasteiger partial charge >= 0.3 is 0 Å². The number of carbonyl (C=O) groups is 2. The van der Waals surface area contributed by atoms with Crippen molar-refractivity contribution in [2.24, 2.45) is 0 Å². The Bertz CT molecular complexity index is 1050. The van der Waals surface area contributed by atoms with Crippen LogP contribution in [0.4, 0.5) is 0 Å². The molecule has 3 aromatic carbocycles. The SMILES string of the molecule is CC(C)(C)c1ccc(OCc2ccc(COc3ccc(C(C)(C)C)cc3C=O)cc2)c(C=O)c1. The van der Waals surface area contributed by atoms with Crippen molar-refractivity contribution in [2.75, 3.05) is 0 Å². The third-order valence-corrected chi connectivity index (χ3v) is 5.82. The molecular weight excluding hydrogens is 424 g/mol. The Morgan fingerprint density at radius 3 is 1.24 bits per heavy atom. The third kappa shape index (κ3) is 6.34. The first-order valence-electron chi connectivity index (χ1n) is 11.5. The van der Waals surface area contributed by atoms with Crippen LogP contribution in [0.3, 0.4) is 0 Å². The Balaban J connectivity index is 1.62. The molecule has 0 fully saturated rings. The molecule has 0 N–H and O–H groups in total. The summed E-state index contributed by atoms with van der Waals surface area (Å²) in [6.07, 6.45) is 1.68. The fraction of sp³-hybridized carbons (Fsp3) is 0.333. The molecule has 0 radical (unpaired) electrons. The first kappa shape index (κ1) is 25.2. The molecule has 3 rings (SSSR count). The van der Waals surface area contributed by atoms with E-state index in [2.05, 4.69) is 41.5 Å². The Morgan fingerprint density at radius 1 is 0.588 bits per heavy atom. The van der Waals surface area contributed by atoms with Crippen LogP contribution in [-0.4, -0.2) is 12.6 Å². The standard InChI is InChI=1S/C30H34O4/c1-29(2,3)25-11-13-27(23(15-25)17-31)33-19-21-7-9-22(10-8-21)20-34-28-14-12-26(30(4,5)6)16-24(28)18-32/h7-18H,19-20H2,1-6H3. The highest BCUT2D eigenvalue weighted by atomic mass is 16.5. The maximum Gasteiger partial charge on any atom is 0.153 e. The number of aldehydes is 2. The predicted molar refractivity (Wildman–Crippen MR) is 136 cm³/mol. The molecule has 0 heterocycles. The summed E-state index contributed by atoms with van der Waals surface area (Å²) in [5, 5.41) is 0. The minimum atomic E-state index is -0.0324. The molecule has 0 aliphatic rings. The van der Waals surface area contributed by atoms with E-state index in [-0.39, 0.29) is 10.8 Å². The van der Waals surface area contributed by atoms with E-state index in [1.807, 2.05) is 60.7 Å². The van der Waals surface area contributed by atoms with Crippen LogP contribution >= 0.6 is 0 Å². The van der Waals surface area contributed by atoms with Crippen molar-refractivity contribution in [3.63, 3.8) is 0 Å². The molecule has 34 heavy (non-hydrogen) atoms. The number of ether oxygens (including phenoxy) is 2. The largest absolute Gasteiger partial charge is 0.488 e. The second-order valence-electron chi connectivity index (χ2n) is 10.6. The quantitative estimate of drug-likeness (QED) is 0.339. The molecule has 0 saturated heterocycles. The molecule has 0 bridgehead atoms. The van der Waals surface area contributed by atoms with Crippen LogP contribution in [0.5, 0.6) is 11.5 Å². The summed E-state index contributed by atoms with van der Waals surface area (Å²) in [5.74, 6) is 1.16. The minimum Gasteiger partial charge on any atom is -0.488 e. The Labute approximate surface area is 202 Å². The Morgan fingerprint density at radius 2 is 0.941 bits per heavy atom. The van der Waals surface area contributed by atoms with E-state index in [4.69, 9.17) is 9.47 Å². The lowest BCUT2D eigenvalue weighted by atomic mass is 9.86. The molecule has 4 heteroatoms. The summed E-state index contributed by atoms with van der Waals surface area (Å²) < 4.78 is 11.8. The van der Waals surface area contributed by atoms with Crippen molar-refractivity contribution in [2.45, 2.75) is 65.6 Å². The van der Waals surface area contributed by atoms with Gasteiger partial charge in [0.05, 0.1) is 11.1 Å². The van der Waals surface area contributed by atoms with E-state index < -0.39 is 0 Å². The monoisotopic (exact) mass is 458 g/mol. The van der Waals surface area contributed by atoms with E-state index in [9.17, 15) is 9.59 Å². The molecule has 0 spiro atoms. The van der Waals surface area contributed by atoms with E-state index in [0.29, 0.717) is 35.8 Å². The van der Waals surface area contributed by atoms with Gasteiger partial charge in [-0.1, -0.05) is 77.9 Å². The average molecular weight is 459 g/mol. The van der Waals surface area contributed by atoms with Gasteiger partial charge in [-0.25, -0.2) is 0 Å². The first-order chi connectivity index (χ1) is 16.0. The zero-order chi connectivity index (χ0) is 24.9. The lowest BCUT2D eigenvalue weighted by Crippen LogP contribution is -2.12. The highest BCUT2D eigenvalue weighted by Crippen LogP contribution is 2.29. The molecule has 0 atom stereocenters. The van der Waals surface area contributed by atoms with Crippen molar-refractivity contribution < 1.29 is 19.1 Å². The second-order valence-corrected chi connectivity index (χ2v) is 10.6. The van der Waals surface area contributed by atoms with E-state index in [0.717, 1.165) is 34.8 Å². The first-order valence-corrected chi connectivity index (χ1v) is 11.5. The highest BCUT2D eigenvalue weighted by molar-refractivity contribution is 5.80. The molecule has 0 aliphatic carbocycles. The smallest absolute Gasteiger partial charge is 0.153 e. The van der Waals surface area contributed by atoms with Gasteiger partial charge in [0.2, 0.25) is 0 Å². The van der Waals surface area contributed by atoms with Crippen molar-refractivity contribution >= 4 is 12.6 Å². The van der Waals surface area contributed by atoms with E-state index >= 15 is 0 Å². The summed E-state index contributed by atoms with van der Waals surface area (Å²) >= 11 is 0. The van der Waals surface area contributed by atoms with Crippen LogP contribution in [-0.2, 0) is 24.0 Å². The third-order valence-electron chi connectivity index (χ3n) is 5.82. The maximum absolute atomic E-state index is 11.5. The number of rotatable bonds is 8. The number of hydrogen-bond donors (Lipinski definition) is 0. The Hall–Kier alpha value is -3.40. The molecule has 4 nitrogen and oxygen atoms in total. The Kier molecular flexibility index (Phi) is 7.61. The van der Waals surface area contributed by atoms with Gasteiger partial charge in [-0.05, 0) is 57.3 Å². The van der Waals surface area contributed by atoms with Gasteiger partial charge < -0.3 is 9.47 Å². The lowest BCUT2D eigenvalue weighted by molar-refractivity contribution is 0.111. The highest BCUT2D eigenvalue weighted by Gasteiger charge is 2.17. The number of hydrogen-bond acceptors (Lipinski definition) is 4. The van der Waals surface area contributed by atoms with E-state index in [1.54, 1.807) is 0 Å². The van der Waals surface area contributed by atoms with Crippen LogP contribution in [0.1, 0.15) is 84.5 Å². The van der Waals surface area contributed by atoms with Gasteiger partial charge in [-0.15, -0.1) is 0 Å². The van der Waals surface area contributed by atoms with Crippen molar-refractivity contribution in [3.05, 3.63) is 94.0 Å². The normalized spacial score (nSPS) is 11.7. The molecular formula is C30H34O4. The molecule has 0 saturated carbocycles. The molecule has 178 valence electrons. The van der Waals surface area contributed by atoms with Crippen molar-refractivity contribution in [1.29, 1.82) is 0 Å². The summed E-state index contributed by atoms with van der Waals surface area (Å²) in [6, 6.07) is 19.4. The summed E-state index contributed by atoms with van der Waals surface area (Å²) in [4.78, 5) is 23.1. The van der Waals surface area contributed by atoms with Gasteiger partial charge in [0.15, 0.2) is 12.6 Å². The summed E-state index contributed by atoms with van der Waals surface area (Å²) in [5.41, 5.74) is 5.22. The molecule has 0 amide bonds. The topological polar surface area (TPSA) is 52.6 Å². The average Bonchev–Trinajstić information content (AvgIpc) is 2.80. The van der Waals surface area contributed by atoms with Gasteiger partial charge in [0.25, 0.3) is 0 Å².